The molecule has 18 heavy (non-hydrogen) atoms. The predicted molar refractivity (Wildman–Crippen MR) is 68.3 cm³/mol. The number of carbonyl (C=O) groups is 2. The Labute approximate surface area is 108 Å². The van der Waals surface area contributed by atoms with Crippen molar-refractivity contribution in [1.29, 1.82) is 0 Å². The smallest absolute Gasteiger partial charge is 0.320 e. The largest absolute Gasteiger partial charge is 0.378 e. The third kappa shape index (κ3) is 4.52. The van der Waals surface area contributed by atoms with Crippen LogP contribution in [-0.4, -0.2) is 67.2 Å². The van der Waals surface area contributed by atoms with Crippen LogP contribution >= 0.6 is 0 Å². The van der Waals surface area contributed by atoms with Crippen LogP contribution in [0.4, 0.5) is 4.79 Å². The number of nitrogens with zero attached hydrogens (tertiary/aromatic N) is 2. The quantitative estimate of drug-likeness (QED) is 0.787. The Morgan fingerprint density at radius 3 is 2.44 bits per heavy atom. The van der Waals surface area contributed by atoms with E-state index >= 15 is 0 Å². The van der Waals surface area contributed by atoms with Gasteiger partial charge in [0.05, 0.1) is 13.2 Å². The lowest BCUT2D eigenvalue weighted by molar-refractivity contribution is -0.122. The standard InChI is InChI=1S/C12H23N3O3/c1-4-14(9-11(16)13-10(2)3)12(17)15-5-7-18-8-6-15/h10H,4-9H2,1-3H3,(H,13,16). The minimum atomic E-state index is -0.117. The fourth-order valence-electron chi connectivity index (χ4n) is 1.81. The molecule has 0 aliphatic carbocycles. The number of carbonyl (C=O) groups excluding carboxylic acids is 2. The van der Waals surface area contributed by atoms with Gasteiger partial charge in [-0.3, -0.25) is 4.79 Å². The van der Waals surface area contributed by atoms with E-state index in [-0.39, 0.29) is 24.5 Å². The number of rotatable bonds is 4. The molecule has 0 aromatic heterocycles. The van der Waals surface area contributed by atoms with Crippen molar-refractivity contribution in [3.8, 4) is 0 Å². The van der Waals surface area contributed by atoms with Crippen LogP contribution in [0.5, 0.6) is 0 Å². The van der Waals surface area contributed by atoms with Crippen molar-refractivity contribution < 1.29 is 14.3 Å². The predicted octanol–water partition coefficient (Wildman–Crippen LogP) is 0.285. The second kappa shape index (κ2) is 7.20. The Hall–Kier alpha value is -1.30. The van der Waals surface area contributed by atoms with Crippen LogP contribution in [0, 0.1) is 0 Å². The lowest BCUT2D eigenvalue weighted by atomic mass is 10.3. The second-order valence-electron chi connectivity index (χ2n) is 4.62. The minimum absolute atomic E-state index is 0.0836. The number of urea groups is 1. The summed E-state index contributed by atoms with van der Waals surface area (Å²) in [5.41, 5.74) is 0. The van der Waals surface area contributed by atoms with Gasteiger partial charge in [-0.1, -0.05) is 0 Å². The van der Waals surface area contributed by atoms with Crippen LogP contribution in [0.1, 0.15) is 20.8 Å². The van der Waals surface area contributed by atoms with Crippen LogP contribution < -0.4 is 5.32 Å². The highest BCUT2D eigenvalue weighted by Gasteiger charge is 2.23. The van der Waals surface area contributed by atoms with E-state index in [0.717, 1.165) is 0 Å². The maximum Gasteiger partial charge on any atom is 0.320 e. The lowest BCUT2D eigenvalue weighted by Crippen LogP contribution is -2.51. The molecule has 0 unspecified atom stereocenters. The molecule has 1 saturated heterocycles. The second-order valence-corrected chi connectivity index (χ2v) is 4.62. The first-order chi connectivity index (χ1) is 8.54. The van der Waals surface area contributed by atoms with E-state index < -0.39 is 0 Å². The summed E-state index contributed by atoms with van der Waals surface area (Å²) in [4.78, 5) is 27.1. The van der Waals surface area contributed by atoms with Gasteiger partial charge in [0, 0.05) is 25.7 Å². The molecule has 0 spiro atoms. The normalized spacial score (nSPS) is 15.7. The number of hydrogen-bond acceptors (Lipinski definition) is 3. The topological polar surface area (TPSA) is 61.9 Å². The molecule has 1 rings (SSSR count). The molecule has 6 heteroatoms. The summed E-state index contributed by atoms with van der Waals surface area (Å²) in [6, 6.07) is 0.00870. The third-order valence-electron chi connectivity index (χ3n) is 2.72. The lowest BCUT2D eigenvalue weighted by Gasteiger charge is -2.32. The van der Waals surface area contributed by atoms with Gasteiger partial charge in [-0.15, -0.1) is 0 Å². The average molecular weight is 257 g/mol. The highest BCUT2D eigenvalue weighted by atomic mass is 16.5. The molecule has 0 aromatic rings. The van der Waals surface area contributed by atoms with E-state index in [2.05, 4.69) is 5.32 Å². The van der Waals surface area contributed by atoms with Gasteiger partial charge in [0.15, 0.2) is 0 Å². The number of ether oxygens (including phenoxy) is 1. The van der Waals surface area contributed by atoms with E-state index in [0.29, 0.717) is 32.8 Å². The van der Waals surface area contributed by atoms with E-state index in [4.69, 9.17) is 4.74 Å². The van der Waals surface area contributed by atoms with Crippen LogP contribution in [0.25, 0.3) is 0 Å². The summed E-state index contributed by atoms with van der Waals surface area (Å²) in [6.45, 7) is 8.66. The Kier molecular flexibility index (Phi) is 5.91. The first kappa shape index (κ1) is 14.8. The SMILES string of the molecule is CCN(CC(=O)NC(C)C)C(=O)N1CCOCC1. The number of likely N-dealkylation sites (N-methyl/N-ethyl adjacent to an activating group) is 1. The maximum absolute atomic E-state index is 12.2. The van der Waals surface area contributed by atoms with E-state index in [1.165, 1.54) is 0 Å². The molecule has 1 aliphatic heterocycles. The van der Waals surface area contributed by atoms with Crippen molar-refractivity contribution >= 4 is 11.9 Å². The molecular formula is C12H23N3O3. The van der Waals surface area contributed by atoms with Crippen molar-refractivity contribution in [3.63, 3.8) is 0 Å². The van der Waals surface area contributed by atoms with Gasteiger partial charge >= 0.3 is 6.03 Å². The summed E-state index contributed by atoms with van der Waals surface area (Å²) in [5, 5.41) is 2.79. The summed E-state index contributed by atoms with van der Waals surface area (Å²) in [7, 11) is 0. The van der Waals surface area contributed by atoms with Gasteiger partial charge in [0.2, 0.25) is 5.91 Å². The van der Waals surface area contributed by atoms with Crippen LogP contribution in [0.3, 0.4) is 0 Å². The van der Waals surface area contributed by atoms with Gasteiger partial charge in [-0.2, -0.15) is 0 Å². The van der Waals surface area contributed by atoms with Crippen LogP contribution in [0.2, 0.25) is 0 Å². The number of morpholine rings is 1. The monoisotopic (exact) mass is 257 g/mol. The number of hydrogen-bond donors (Lipinski definition) is 1. The zero-order chi connectivity index (χ0) is 13.5. The van der Waals surface area contributed by atoms with Crippen molar-refractivity contribution in [2.45, 2.75) is 26.8 Å². The molecule has 1 heterocycles. The summed E-state index contributed by atoms with van der Waals surface area (Å²) >= 11 is 0. The van der Waals surface area contributed by atoms with Gasteiger partial charge in [-0.05, 0) is 20.8 Å². The van der Waals surface area contributed by atoms with Gasteiger partial charge in [0.25, 0.3) is 0 Å². The van der Waals surface area contributed by atoms with E-state index in [9.17, 15) is 9.59 Å². The maximum atomic E-state index is 12.2. The van der Waals surface area contributed by atoms with Gasteiger partial charge in [-0.25, -0.2) is 4.79 Å². The zero-order valence-corrected chi connectivity index (χ0v) is 11.4. The zero-order valence-electron chi connectivity index (χ0n) is 11.4. The number of nitrogens with one attached hydrogen (secondary N) is 1. The summed E-state index contributed by atoms with van der Waals surface area (Å²) in [5.74, 6) is -0.117. The minimum Gasteiger partial charge on any atom is -0.378 e. The Bertz CT molecular complexity index is 288. The Morgan fingerprint density at radius 2 is 1.94 bits per heavy atom. The molecule has 1 fully saturated rings. The molecule has 1 aliphatic rings. The fraction of sp³-hybridized carbons (Fsp3) is 0.833. The molecule has 6 nitrogen and oxygen atoms in total. The van der Waals surface area contributed by atoms with Crippen molar-refractivity contribution in [1.82, 2.24) is 15.1 Å². The summed E-state index contributed by atoms with van der Waals surface area (Å²) in [6.07, 6.45) is 0. The molecule has 3 amide bonds. The number of amides is 3. The van der Waals surface area contributed by atoms with Crippen molar-refractivity contribution in [2.75, 3.05) is 39.4 Å². The molecule has 0 bridgehead atoms. The fourth-order valence-corrected chi connectivity index (χ4v) is 1.81. The molecule has 1 N–H and O–H groups in total. The third-order valence-corrected chi connectivity index (χ3v) is 2.72. The first-order valence-corrected chi connectivity index (χ1v) is 6.45. The van der Waals surface area contributed by atoms with E-state index in [1.54, 1.807) is 9.80 Å². The molecule has 0 aromatic carbocycles. The molecule has 0 radical (unpaired) electrons. The highest BCUT2D eigenvalue weighted by Crippen LogP contribution is 2.03. The van der Waals surface area contributed by atoms with Crippen LogP contribution in [-0.2, 0) is 9.53 Å². The summed E-state index contributed by atoms with van der Waals surface area (Å²) < 4.78 is 5.21. The Morgan fingerprint density at radius 1 is 1.33 bits per heavy atom. The molecule has 0 atom stereocenters. The van der Waals surface area contributed by atoms with Gasteiger partial charge in [0.1, 0.15) is 6.54 Å². The average Bonchev–Trinajstić information content (AvgIpc) is 2.35. The van der Waals surface area contributed by atoms with Crippen molar-refractivity contribution in [2.24, 2.45) is 0 Å². The molecular weight excluding hydrogens is 234 g/mol. The first-order valence-electron chi connectivity index (χ1n) is 6.45. The van der Waals surface area contributed by atoms with E-state index in [1.807, 2.05) is 20.8 Å². The van der Waals surface area contributed by atoms with Gasteiger partial charge < -0.3 is 19.9 Å². The Balaban J connectivity index is 2.48. The van der Waals surface area contributed by atoms with Crippen LogP contribution in [0.15, 0.2) is 0 Å². The molecule has 0 saturated carbocycles. The highest BCUT2D eigenvalue weighted by molar-refractivity contribution is 5.84. The van der Waals surface area contributed by atoms with Crippen molar-refractivity contribution in [3.05, 3.63) is 0 Å². The molecule has 104 valence electrons.